The molecule has 3 aromatic carbocycles. The second-order valence-electron chi connectivity index (χ2n) is 9.14. The number of fused-ring (bicyclic) bond motifs is 4. The fraction of sp³-hybridized carbons (Fsp3) is 0.286. The zero-order chi connectivity index (χ0) is 20.9. The van der Waals surface area contributed by atoms with Crippen LogP contribution in [0.4, 0.5) is 0 Å². The maximum absolute atomic E-state index is 4.78. The van der Waals surface area contributed by atoms with Gasteiger partial charge in [-0.05, 0) is 41.9 Å². The van der Waals surface area contributed by atoms with E-state index in [-0.39, 0.29) is 0 Å². The van der Waals surface area contributed by atoms with E-state index in [0.29, 0.717) is 11.8 Å². The van der Waals surface area contributed by atoms with Crippen LogP contribution in [-0.4, -0.2) is 9.97 Å². The lowest BCUT2D eigenvalue weighted by molar-refractivity contribution is 0.724. The molecule has 31 heavy (non-hydrogen) atoms. The monoisotopic (exact) mass is 422 g/mol. The van der Waals surface area contributed by atoms with E-state index >= 15 is 0 Å². The number of nitrogens with zero attached hydrogens (tertiary/aromatic N) is 2. The van der Waals surface area contributed by atoms with Gasteiger partial charge in [0.1, 0.15) is 6.33 Å². The highest BCUT2D eigenvalue weighted by Gasteiger charge is 2.19. The Kier molecular flexibility index (Phi) is 4.53. The van der Waals surface area contributed by atoms with E-state index in [1.807, 2.05) is 11.3 Å². The van der Waals surface area contributed by atoms with Crippen molar-refractivity contribution in [1.82, 2.24) is 9.97 Å². The summed E-state index contributed by atoms with van der Waals surface area (Å²) in [7, 11) is 0. The van der Waals surface area contributed by atoms with Gasteiger partial charge in [-0.15, -0.1) is 11.3 Å². The quantitative estimate of drug-likeness (QED) is 0.291. The predicted octanol–water partition coefficient (Wildman–Crippen LogP) is 8.45. The highest BCUT2D eigenvalue weighted by Crippen LogP contribution is 2.43. The minimum absolute atomic E-state index is 0.508. The van der Waals surface area contributed by atoms with Crippen LogP contribution in [0.25, 0.3) is 42.3 Å². The van der Waals surface area contributed by atoms with E-state index < -0.39 is 0 Å². The lowest BCUT2D eigenvalue weighted by Crippen LogP contribution is -1.95. The Labute approximate surface area is 187 Å². The molecule has 1 fully saturated rings. The standard InChI is InChI=1S/C28H26N2S/c1-17(2)20-9-5-10-21-22-11-6-12-24(28(22)31-27(20)21)26-23-14-13-19(18-7-3-4-8-18)15-25(23)29-16-30-26/h5-6,9-18H,3-4,7-8H2,1-2H3. The Balaban J connectivity index is 1.58. The molecule has 2 nitrogen and oxygen atoms in total. The van der Waals surface area contributed by atoms with Gasteiger partial charge in [-0.3, -0.25) is 0 Å². The smallest absolute Gasteiger partial charge is 0.116 e. The van der Waals surface area contributed by atoms with Crippen molar-refractivity contribution in [2.45, 2.75) is 51.4 Å². The summed E-state index contributed by atoms with van der Waals surface area (Å²) in [5.74, 6) is 1.21. The number of hydrogen-bond acceptors (Lipinski definition) is 3. The molecule has 2 heterocycles. The van der Waals surface area contributed by atoms with E-state index in [2.05, 4.69) is 73.4 Å². The first-order valence-corrected chi connectivity index (χ1v) is 12.2. The molecule has 0 spiro atoms. The fourth-order valence-corrected chi connectivity index (χ4v) is 6.76. The van der Waals surface area contributed by atoms with Crippen molar-refractivity contribution in [1.29, 1.82) is 0 Å². The fourth-order valence-electron chi connectivity index (χ4n) is 5.28. The minimum atomic E-state index is 0.508. The Morgan fingerprint density at radius 2 is 1.61 bits per heavy atom. The second-order valence-corrected chi connectivity index (χ2v) is 10.2. The maximum atomic E-state index is 4.78. The van der Waals surface area contributed by atoms with Gasteiger partial charge < -0.3 is 0 Å². The van der Waals surface area contributed by atoms with Crippen LogP contribution in [0.1, 0.15) is 62.5 Å². The van der Waals surface area contributed by atoms with E-state index in [1.54, 1.807) is 6.33 Å². The second kappa shape index (κ2) is 7.42. The van der Waals surface area contributed by atoms with Gasteiger partial charge in [0.2, 0.25) is 0 Å². The van der Waals surface area contributed by atoms with Crippen LogP contribution in [0.3, 0.4) is 0 Å². The Hall–Kier alpha value is -2.78. The van der Waals surface area contributed by atoms with Crippen LogP contribution in [0.2, 0.25) is 0 Å². The molecule has 0 N–H and O–H groups in total. The van der Waals surface area contributed by atoms with E-state index in [9.17, 15) is 0 Å². The normalized spacial score (nSPS) is 15.1. The Morgan fingerprint density at radius 3 is 2.42 bits per heavy atom. The first kappa shape index (κ1) is 18.9. The van der Waals surface area contributed by atoms with Crippen molar-refractivity contribution in [3.8, 4) is 11.3 Å². The topological polar surface area (TPSA) is 25.8 Å². The molecular weight excluding hydrogens is 396 g/mol. The molecule has 6 rings (SSSR count). The average Bonchev–Trinajstić information content (AvgIpc) is 3.46. The van der Waals surface area contributed by atoms with Crippen LogP contribution in [-0.2, 0) is 0 Å². The number of thiophene rings is 1. The van der Waals surface area contributed by atoms with Gasteiger partial charge in [0.05, 0.1) is 11.2 Å². The number of benzene rings is 3. The van der Waals surface area contributed by atoms with Gasteiger partial charge in [0, 0.05) is 31.1 Å². The predicted molar refractivity (Wildman–Crippen MR) is 133 cm³/mol. The summed E-state index contributed by atoms with van der Waals surface area (Å²) in [4.78, 5) is 9.43. The van der Waals surface area contributed by atoms with Crippen molar-refractivity contribution in [3.63, 3.8) is 0 Å². The van der Waals surface area contributed by atoms with Gasteiger partial charge in [0.15, 0.2) is 0 Å². The first-order chi connectivity index (χ1) is 15.2. The van der Waals surface area contributed by atoms with Gasteiger partial charge in [-0.1, -0.05) is 75.2 Å². The molecule has 0 atom stereocenters. The third kappa shape index (κ3) is 3.06. The molecule has 0 amide bonds. The van der Waals surface area contributed by atoms with Gasteiger partial charge in [-0.2, -0.15) is 0 Å². The van der Waals surface area contributed by atoms with E-state index in [1.165, 1.54) is 62.5 Å². The van der Waals surface area contributed by atoms with Crippen molar-refractivity contribution < 1.29 is 0 Å². The zero-order valence-electron chi connectivity index (χ0n) is 18.1. The third-order valence-electron chi connectivity index (χ3n) is 6.92. The highest BCUT2D eigenvalue weighted by atomic mass is 32.1. The molecule has 2 aromatic heterocycles. The third-order valence-corrected chi connectivity index (χ3v) is 8.22. The molecule has 3 heteroatoms. The summed E-state index contributed by atoms with van der Waals surface area (Å²) in [6.07, 6.45) is 7.06. The molecule has 0 radical (unpaired) electrons. The highest BCUT2D eigenvalue weighted by molar-refractivity contribution is 7.26. The molecule has 1 aliphatic rings. The molecule has 0 saturated heterocycles. The summed E-state index contributed by atoms with van der Waals surface area (Å²) in [6, 6.07) is 20.2. The molecule has 0 unspecified atom stereocenters. The van der Waals surface area contributed by atoms with Gasteiger partial charge >= 0.3 is 0 Å². The van der Waals surface area contributed by atoms with Crippen molar-refractivity contribution in [3.05, 3.63) is 72.1 Å². The molecule has 154 valence electrons. The molecular formula is C28H26N2S. The summed E-state index contributed by atoms with van der Waals surface area (Å²) in [5.41, 5.74) is 6.20. The number of hydrogen-bond donors (Lipinski definition) is 0. The number of aromatic nitrogens is 2. The van der Waals surface area contributed by atoms with Crippen molar-refractivity contribution >= 4 is 42.4 Å². The molecule has 5 aromatic rings. The van der Waals surface area contributed by atoms with Gasteiger partial charge in [-0.25, -0.2) is 9.97 Å². The van der Waals surface area contributed by atoms with Crippen LogP contribution in [0, 0.1) is 0 Å². The Bertz CT molecular complexity index is 1420. The summed E-state index contributed by atoms with van der Waals surface area (Å²) in [5, 5.41) is 3.84. The lowest BCUT2D eigenvalue weighted by Gasteiger charge is -2.12. The van der Waals surface area contributed by atoms with Crippen LogP contribution >= 0.6 is 11.3 Å². The van der Waals surface area contributed by atoms with Crippen molar-refractivity contribution in [2.24, 2.45) is 0 Å². The summed E-state index contributed by atoms with van der Waals surface area (Å²) >= 11 is 1.91. The maximum Gasteiger partial charge on any atom is 0.116 e. The van der Waals surface area contributed by atoms with Gasteiger partial charge in [0.25, 0.3) is 0 Å². The SMILES string of the molecule is CC(C)c1cccc2c1sc1c(-c3ncnc4cc(C5CCCC5)ccc34)cccc12. The Morgan fingerprint density at radius 1 is 0.839 bits per heavy atom. The molecule has 0 aliphatic heterocycles. The molecule has 1 saturated carbocycles. The largest absolute Gasteiger partial charge is 0.236 e. The molecule has 0 bridgehead atoms. The summed E-state index contributed by atoms with van der Waals surface area (Å²) in [6.45, 7) is 4.56. The van der Waals surface area contributed by atoms with E-state index in [0.717, 1.165) is 16.6 Å². The van der Waals surface area contributed by atoms with Crippen LogP contribution in [0.15, 0.2) is 60.9 Å². The van der Waals surface area contributed by atoms with E-state index in [4.69, 9.17) is 4.98 Å². The lowest BCUT2D eigenvalue weighted by atomic mass is 9.95. The van der Waals surface area contributed by atoms with Crippen molar-refractivity contribution in [2.75, 3.05) is 0 Å². The zero-order valence-corrected chi connectivity index (χ0v) is 18.9. The first-order valence-electron chi connectivity index (χ1n) is 11.4. The van der Waals surface area contributed by atoms with Crippen LogP contribution in [0.5, 0.6) is 0 Å². The summed E-state index contributed by atoms with van der Waals surface area (Å²) < 4.78 is 2.73. The minimum Gasteiger partial charge on any atom is -0.236 e. The average molecular weight is 423 g/mol. The van der Waals surface area contributed by atoms with Crippen LogP contribution < -0.4 is 0 Å². The molecule has 1 aliphatic carbocycles. The number of rotatable bonds is 3.